The minimum Gasteiger partial charge on any atom is -0.461 e. The van der Waals surface area contributed by atoms with E-state index in [1.54, 1.807) is 29.5 Å². The Morgan fingerprint density at radius 3 is 2.81 bits per heavy atom. The van der Waals surface area contributed by atoms with Crippen molar-refractivity contribution in [1.82, 2.24) is 4.90 Å². The normalized spacial score (nSPS) is 19.7. The smallest absolute Gasteiger partial charge is 0.328 e. The van der Waals surface area contributed by atoms with Crippen molar-refractivity contribution in [3.05, 3.63) is 57.5 Å². The lowest BCUT2D eigenvalue weighted by Gasteiger charge is -2.34. The molecule has 2 aromatic rings. The number of rotatable bonds is 4. The van der Waals surface area contributed by atoms with Crippen molar-refractivity contribution in [2.45, 2.75) is 57.2 Å². The second-order valence-corrected chi connectivity index (χ2v) is 8.21. The summed E-state index contributed by atoms with van der Waals surface area (Å²) in [4.78, 5) is 16.5. The summed E-state index contributed by atoms with van der Waals surface area (Å²) >= 11 is 1.76. The Morgan fingerprint density at radius 1 is 1.19 bits per heavy atom. The fourth-order valence-electron chi connectivity index (χ4n) is 4.07. The Balaban J connectivity index is 1.59. The Kier molecular flexibility index (Phi) is 5.36. The van der Waals surface area contributed by atoms with Crippen LogP contribution in [-0.2, 0) is 22.5 Å². The number of carbonyl (C=O) groups is 1. The maximum Gasteiger partial charge on any atom is 0.328 e. The molecule has 2 aliphatic rings. The van der Waals surface area contributed by atoms with Crippen LogP contribution in [0.3, 0.4) is 0 Å². The molecule has 0 N–H and O–H groups in total. The van der Waals surface area contributed by atoms with E-state index in [1.165, 1.54) is 22.9 Å². The summed E-state index contributed by atoms with van der Waals surface area (Å²) in [5.41, 5.74) is 1.67. The van der Waals surface area contributed by atoms with E-state index in [9.17, 15) is 9.18 Å². The number of thiophene rings is 1. The summed E-state index contributed by atoms with van der Waals surface area (Å²) in [5.74, 6) is -0.644. The molecule has 1 aliphatic heterocycles. The van der Waals surface area contributed by atoms with Gasteiger partial charge in [0.1, 0.15) is 18.0 Å². The number of halogens is 1. The Bertz CT molecular complexity index is 769. The lowest BCUT2D eigenvalue weighted by molar-refractivity contribution is -0.158. The molecular weight excluding hydrogens is 349 g/mol. The highest BCUT2D eigenvalue weighted by Crippen LogP contribution is 2.33. The van der Waals surface area contributed by atoms with Crippen molar-refractivity contribution in [3.8, 4) is 0 Å². The van der Waals surface area contributed by atoms with E-state index in [-0.39, 0.29) is 17.9 Å². The Morgan fingerprint density at radius 2 is 2.00 bits per heavy atom. The molecule has 0 spiro atoms. The van der Waals surface area contributed by atoms with Crippen LogP contribution in [0.2, 0.25) is 0 Å². The molecule has 0 bridgehead atoms. The van der Waals surface area contributed by atoms with Gasteiger partial charge in [-0.3, -0.25) is 4.90 Å². The van der Waals surface area contributed by atoms with Crippen LogP contribution < -0.4 is 0 Å². The number of carbonyl (C=O) groups excluding carboxylic acids is 1. The molecule has 1 atom stereocenters. The summed E-state index contributed by atoms with van der Waals surface area (Å²) in [6.45, 7) is 1.41. The highest BCUT2D eigenvalue weighted by molar-refractivity contribution is 7.10. The zero-order chi connectivity index (χ0) is 17.9. The number of nitrogens with zero attached hydrogens (tertiary/aromatic N) is 1. The predicted octanol–water partition coefficient (Wildman–Crippen LogP) is 4.86. The van der Waals surface area contributed by atoms with E-state index in [2.05, 4.69) is 16.3 Å². The van der Waals surface area contributed by atoms with Crippen LogP contribution >= 0.6 is 11.3 Å². The number of esters is 1. The predicted molar refractivity (Wildman–Crippen MR) is 101 cm³/mol. The molecule has 0 radical (unpaired) electrons. The fourth-order valence-corrected chi connectivity index (χ4v) is 4.96. The lowest BCUT2D eigenvalue weighted by atomic mass is 9.97. The topological polar surface area (TPSA) is 29.5 Å². The third-order valence-electron chi connectivity index (χ3n) is 5.46. The molecule has 138 valence electrons. The van der Waals surface area contributed by atoms with E-state index in [0.29, 0.717) is 12.1 Å². The van der Waals surface area contributed by atoms with Gasteiger partial charge in [-0.1, -0.05) is 24.6 Å². The van der Waals surface area contributed by atoms with Gasteiger partial charge in [0.05, 0.1) is 0 Å². The molecular formula is C21H24FNO2S. The summed E-state index contributed by atoms with van der Waals surface area (Å²) in [6, 6.07) is 8.03. The maximum atomic E-state index is 14.5. The molecule has 3 nitrogen and oxygen atoms in total. The quantitative estimate of drug-likeness (QED) is 0.717. The van der Waals surface area contributed by atoms with Gasteiger partial charge in [-0.25, -0.2) is 9.18 Å². The summed E-state index contributed by atoms with van der Waals surface area (Å²) in [7, 11) is 0. The summed E-state index contributed by atoms with van der Waals surface area (Å²) in [5, 5.41) is 2.09. The number of hydrogen-bond acceptors (Lipinski definition) is 4. The number of benzene rings is 1. The highest BCUT2D eigenvalue weighted by Gasteiger charge is 2.35. The zero-order valence-corrected chi connectivity index (χ0v) is 15.6. The van der Waals surface area contributed by atoms with Crippen LogP contribution in [-0.4, -0.2) is 23.5 Å². The zero-order valence-electron chi connectivity index (χ0n) is 14.8. The first-order chi connectivity index (χ1) is 12.7. The van der Waals surface area contributed by atoms with Gasteiger partial charge >= 0.3 is 5.97 Å². The van der Waals surface area contributed by atoms with Crippen LogP contribution in [0.15, 0.2) is 35.7 Å². The molecule has 2 heterocycles. The van der Waals surface area contributed by atoms with Crippen molar-refractivity contribution >= 4 is 17.3 Å². The summed E-state index contributed by atoms with van der Waals surface area (Å²) in [6.07, 6.45) is 6.13. The van der Waals surface area contributed by atoms with Crippen LogP contribution in [0.5, 0.6) is 0 Å². The molecule has 1 fully saturated rings. The van der Waals surface area contributed by atoms with Gasteiger partial charge in [0, 0.05) is 23.5 Å². The van der Waals surface area contributed by atoms with Crippen molar-refractivity contribution < 1.29 is 13.9 Å². The number of fused-ring (bicyclic) bond motifs is 1. The molecule has 5 heteroatoms. The molecule has 0 unspecified atom stereocenters. The Labute approximate surface area is 157 Å². The van der Waals surface area contributed by atoms with Gasteiger partial charge in [-0.05, 0) is 55.2 Å². The van der Waals surface area contributed by atoms with E-state index >= 15 is 0 Å². The van der Waals surface area contributed by atoms with E-state index in [1.807, 2.05) is 0 Å². The molecule has 26 heavy (non-hydrogen) atoms. The van der Waals surface area contributed by atoms with Gasteiger partial charge < -0.3 is 4.74 Å². The van der Waals surface area contributed by atoms with Crippen LogP contribution in [0.1, 0.15) is 54.1 Å². The number of hydrogen-bond donors (Lipinski definition) is 0. The van der Waals surface area contributed by atoms with Gasteiger partial charge in [0.25, 0.3) is 0 Å². The SMILES string of the molecule is O=C(OC1CCCCC1)[C@H](c1ccccc1F)N1CCc2sccc2C1. The first kappa shape index (κ1) is 17.7. The number of ether oxygens (including phenoxy) is 1. The second kappa shape index (κ2) is 7.89. The monoisotopic (exact) mass is 373 g/mol. The molecule has 1 aliphatic carbocycles. The van der Waals surface area contributed by atoms with Crippen molar-refractivity contribution in [2.75, 3.05) is 6.54 Å². The van der Waals surface area contributed by atoms with Crippen molar-refractivity contribution in [2.24, 2.45) is 0 Å². The molecule has 0 saturated heterocycles. The standard InChI is InChI=1S/C21H24FNO2S/c22-18-9-5-4-8-17(18)20(21(24)25-16-6-2-1-3-7-16)23-12-10-19-15(14-23)11-13-26-19/h4-5,8-9,11,13,16,20H,1-3,6-7,10,12,14H2/t20-/m0/s1. The molecule has 0 amide bonds. The van der Waals surface area contributed by atoms with Crippen molar-refractivity contribution in [3.63, 3.8) is 0 Å². The third kappa shape index (κ3) is 3.69. The van der Waals surface area contributed by atoms with Crippen LogP contribution in [0.4, 0.5) is 4.39 Å². The van der Waals surface area contributed by atoms with Crippen LogP contribution in [0, 0.1) is 5.82 Å². The van der Waals surface area contributed by atoms with Crippen LogP contribution in [0.25, 0.3) is 0 Å². The van der Waals surface area contributed by atoms with Crippen molar-refractivity contribution in [1.29, 1.82) is 0 Å². The summed E-state index contributed by atoms with van der Waals surface area (Å²) < 4.78 is 20.4. The first-order valence-corrected chi connectivity index (χ1v) is 10.3. The van der Waals surface area contributed by atoms with Gasteiger partial charge in [0.2, 0.25) is 0 Å². The average molecular weight is 373 g/mol. The highest BCUT2D eigenvalue weighted by atomic mass is 32.1. The molecule has 4 rings (SSSR count). The lowest BCUT2D eigenvalue weighted by Crippen LogP contribution is -2.40. The fraction of sp³-hybridized carbons (Fsp3) is 0.476. The molecule has 1 saturated carbocycles. The first-order valence-electron chi connectivity index (χ1n) is 9.46. The second-order valence-electron chi connectivity index (χ2n) is 7.21. The maximum absolute atomic E-state index is 14.5. The minimum atomic E-state index is -0.675. The Hall–Kier alpha value is -1.72. The third-order valence-corrected chi connectivity index (χ3v) is 6.48. The van der Waals surface area contributed by atoms with E-state index in [4.69, 9.17) is 4.74 Å². The van der Waals surface area contributed by atoms with E-state index in [0.717, 1.165) is 38.6 Å². The molecule has 1 aromatic heterocycles. The molecule has 1 aromatic carbocycles. The minimum absolute atomic E-state index is 0.0213. The van der Waals surface area contributed by atoms with Gasteiger partial charge in [0.15, 0.2) is 0 Å². The van der Waals surface area contributed by atoms with Gasteiger partial charge in [-0.2, -0.15) is 0 Å². The van der Waals surface area contributed by atoms with E-state index < -0.39 is 6.04 Å². The average Bonchev–Trinajstić information content (AvgIpc) is 3.12. The largest absolute Gasteiger partial charge is 0.461 e. The van der Waals surface area contributed by atoms with Gasteiger partial charge in [-0.15, -0.1) is 11.3 Å².